The molecule has 106 valence electrons. The molecule has 0 bridgehead atoms. The molecule has 6 nitrogen and oxygen atoms in total. The van der Waals surface area contributed by atoms with Crippen LogP contribution < -0.4 is 5.32 Å². The van der Waals surface area contributed by atoms with Gasteiger partial charge in [0.25, 0.3) is 0 Å². The van der Waals surface area contributed by atoms with Gasteiger partial charge in [-0.2, -0.15) is 0 Å². The van der Waals surface area contributed by atoms with Crippen LogP contribution in [0.3, 0.4) is 0 Å². The van der Waals surface area contributed by atoms with Gasteiger partial charge < -0.3 is 15.0 Å². The zero-order valence-electron chi connectivity index (χ0n) is 11.2. The van der Waals surface area contributed by atoms with E-state index in [4.69, 9.17) is 5.11 Å². The van der Waals surface area contributed by atoms with E-state index in [0.717, 1.165) is 9.88 Å². The molecule has 0 saturated heterocycles. The molecule has 2 rings (SSSR count). The molecule has 20 heavy (non-hydrogen) atoms. The van der Waals surface area contributed by atoms with Gasteiger partial charge in [-0.05, 0) is 26.0 Å². The first-order chi connectivity index (χ1) is 9.47. The van der Waals surface area contributed by atoms with Gasteiger partial charge in [-0.15, -0.1) is 11.3 Å². The molecular formula is C13H15N3O3S. The number of thiazole rings is 1. The molecule has 0 aliphatic carbocycles. The van der Waals surface area contributed by atoms with Gasteiger partial charge in [-0.25, -0.2) is 9.78 Å². The topological polar surface area (TPSA) is 84.2 Å². The summed E-state index contributed by atoms with van der Waals surface area (Å²) in [6.45, 7) is 3.78. The van der Waals surface area contributed by atoms with Crippen LogP contribution in [0.1, 0.15) is 33.3 Å². The van der Waals surface area contributed by atoms with Crippen LogP contribution in [0.25, 0.3) is 0 Å². The Balaban J connectivity index is 1.99. The maximum absolute atomic E-state index is 11.9. The molecule has 0 aliphatic heterocycles. The van der Waals surface area contributed by atoms with Crippen molar-refractivity contribution in [3.63, 3.8) is 0 Å². The molecule has 0 spiro atoms. The molecule has 0 saturated carbocycles. The summed E-state index contributed by atoms with van der Waals surface area (Å²) in [4.78, 5) is 28.2. The van der Waals surface area contributed by atoms with Gasteiger partial charge in [0.05, 0.1) is 6.04 Å². The van der Waals surface area contributed by atoms with Crippen LogP contribution in [0.2, 0.25) is 0 Å². The number of aromatic carboxylic acids is 1. The van der Waals surface area contributed by atoms with Crippen molar-refractivity contribution in [2.75, 3.05) is 0 Å². The number of carboxylic acids is 1. The Kier molecular flexibility index (Phi) is 4.19. The fourth-order valence-corrected chi connectivity index (χ4v) is 2.60. The molecule has 2 N–H and O–H groups in total. The molecule has 0 aromatic carbocycles. The van der Waals surface area contributed by atoms with Gasteiger partial charge >= 0.3 is 5.97 Å². The number of hydrogen-bond acceptors (Lipinski definition) is 4. The van der Waals surface area contributed by atoms with Gasteiger partial charge in [-0.3, -0.25) is 4.79 Å². The third-order valence-corrected chi connectivity index (χ3v) is 3.85. The van der Waals surface area contributed by atoms with Crippen molar-refractivity contribution >= 4 is 23.2 Å². The van der Waals surface area contributed by atoms with Crippen LogP contribution in [0.15, 0.2) is 24.5 Å². The van der Waals surface area contributed by atoms with Crippen molar-refractivity contribution in [3.05, 3.63) is 40.1 Å². The van der Waals surface area contributed by atoms with E-state index in [-0.39, 0.29) is 24.2 Å². The number of carboxylic acid groups (broad SMARTS) is 1. The highest BCUT2D eigenvalue weighted by Crippen LogP contribution is 2.18. The number of rotatable bonds is 5. The van der Waals surface area contributed by atoms with Gasteiger partial charge in [-0.1, -0.05) is 0 Å². The van der Waals surface area contributed by atoms with Crippen LogP contribution in [0.5, 0.6) is 0 Å². The molecule has 2 aromatic heterocycles. The average molecular weight is 293 g/mol. The first-order valence-corrected chi connectivity index (χ1v) is 6.89. The Morgan fingerprint density at radius 3 is 2.90 bits per heavy atom. The molecule has 0 radical (unpaired) electrons. The predicted octanol–water partition coefficient (Wildman–Crippen LogP) is 1.83. The van der Waals surface area contributed by atoms with E-state index in [1.54, 1.807) is 18.5 Å². The van der Waals surface area contributed by atoms with Crippen molar-refractivity contribution in [1.29, 1.82) is 0 Å². The van der Waals surface area contributed by atoms with Crippen LogP contribution in [0.4, 0.5) is 0 Å². The molecule has 1 unspecified atom stereocenters. The smallest absolute Gasteiger partial charge is 0.352 e. The molecule has 1 atom stereocenters. The highest BCUT2D eigenvalue weighted by atomic mass is 32.1. The Labute approximate surface area is 120 Å². The number of hydrogen-bond donors (Lipinski definition) is 2. The Morgan fingerprint density at radius 2 is 2.30 bits per heavy atom. The SMILES string of the molecule is Cc1cnc(C(C)NC(=O)Cn2cccc2C(=O)O)s1. The minimum atomic E-state index is -1.05. The van der Waals surface area contributed by atoms with E-state index in [1.165, 1.54) is 22.0 Å². The minimum absolute atomic E-state index is 0.0245. The lowest BCUT2D eigenvalue weighted by Gasteiger charge is -2.12. The molecule has 2 heterocycles. The van der Waals surface area contributed by atoms with Gasteiger partial charge in [0.2, 0.25) is 5.91 Å². The predicted molar refractivity (Wildman–Crippen MR) is 74.8 cm³/mol. The summed E-state index contributed by atoms with van der Waals surface area (Å²) in [7, 11) is 0. The number of nitrogens with one attached hydrogen (secondary N) is 1. The second-order valence-electron chi connectivity index (χ2n) is 4.42. The summed E-state index contributed by atoms with van der Waals surface area (Å²) in [5.74, 6) is -1.30. The average Bonchev–Trinajstić information content (AvgIpc) is 2.97. The third kappa shape index (κ3) is 3.24. The van der Waals surface area contributed by atoms with E-state index in [9.17, 15) is 9.59 Å². The van der Waals surface area contributed by atoms with Gasteiger partial charge in [0, 0.05) is 17.3 Å². The number of nitrogens with zero attached hydrogens (tertiary/aromatic N) is 2. The Hall–Kier alpha value is -2.15. The van der Waals surface area contributed by atoms with E-state index < -0.39 is 5.97 Å². The van der Waals surface area contributed by atoms with Crippen molar-refractivity contribution in [2.45, 2.75) is 26.4 Å². The normalized spacial score (nSPS) is 12.1. The lowest BCUT2D eigenvalue weighted by Crippen LogP contribution is -2.30. The maximum Gasteiger partial charge on any atom is 0.352 e. The molecule has 1 amide bonds. The van der Waals surface area contributed by atoms with Crippen molar-refractivity contribution in [3.8, 4) is 0 Å². The second-order valence-corrected chi connectivity index (χ2v) is 5.69. The van der Waals surface area contributed by atoms with E-state index >= 15 is 0 Å². The molecule has 2 aromatic rings. The monoisotopic (exact) mass is 293 g/mol. The van der Waals surface area contributed by atoms with E-state index in [1.807, 2.05) is 13.8 Å². The first-order valence-electron chi connectivity index (χ1n) is 6.07. The van der Waals surface area contributed by atoms with E-state index in [0.29, 0.717) is 0 Å². The quantitative estimate of drug-likeness (QED) is 0.881. The molecule has 7 heteroatoms. The Bertz CT molecular complexity index is 632. The van der Waals surface area contributed by atoms with E-state index in [2.05, 4.69) is 10.3 Å². The zero-order valence-corrected chi connectivity index (χ0v) is 12.0. The van der Waals surface area contributed by atoms with Gasteiger partial charge in [0.1, 0.15) is 17.2 Å². The third-order valence-electron chi connectivity index (χ3n) is 2.75. The summed E-state index contributed by atoms with van der Waals surface area (Å²) in [6, 6.07) is 2.87. The standard InChI is InChI=1S/C13H15N3O3S/c1-8-6-14-12(20-8)9(2)15-11(17)7-16-5-3-4-10(16)13(18)19/h3-6,9H,7H2,1-2H3,(H,15,17)(H,18,19). The summed E-state index contributed by atoms with van der Waals surface area (Å²) in [6.07, 6.45) is 3.33. The first kappa shape index (κ1) is 14.3. The summed E-state index contributed by atoms with van der Waals surface area (Å²) in [5, 5.41) is 12.6. The van der Waals surface area contributed by atoms with Crippen LogP contribution >= 0.6 is 11.3 Å². The van der Waals surface area contributed by atoms with Crippen molar-refractivity contribution in [1.82, 2.24) is 14.9 Å². The lowest BCUT2D eigenvalue weighted by atomic mass is 10.3. The number of aryl methyl sites for hydroxylation is 1. The fourth-order valence-electron chi connectivity index (χ4n) is 1.82. The highest BCUT2D eigenvalue weighted by molar-refractivity contribution is 7.11. The summed E-state index contributed by atoms with van der Waals surface area (Å²) >= 11 is 1.53. The van der Waals surface area contributed by atoms with Gasteiger partial charge in [0.15, 0.2) is 0 Å². The maximum atomic E-state index is 11.9. The minimum Gasteiger partial charge on any atom is -0.477 e. The highest BCUT2D eigenvalue weighted by Gasteiger charge is 2.15. The Morgan fingerprint density at radius 1 is 1.55 bits per heavy atom. The molecule has 0 fully saturated rings. The number of carbonyl (C=O) groups is 2. The number of aromatic nitrogens is 2. The zero-order chi connectivity index (χ0) is 14.7. The lowest BCUT2D eigenvalue weighted by molar-refractivity contribution is -0.122. The van der Waals surface area contributed by atoms with Crippen LogP contribution in [-0.2, 0) is 11.3 Å². The summed E-state index contributed by atoms with van der Waals surface area (Å²) < 4.78 is 1.40. The largest absolute Gasteiger partial charge is 0.477 e. The van der Waals surface area contributed by atoms with Crippen molar-refractivity contribution < 1.29 is 14.7 Å². The molecule has 0 aliphatic rings. The second kappa shape index (κ2) is 5.87. The van der Waals surface area contributed by atoms with Crippen LogP contribution in [0, 0.1) is 6.92 Å². The molecular weight excluding hydrogens is 278 g/mol. The van der Waals surface area contributed by atoms with Crippen LogP contribution in [-0.4, -0.2) is 26.5 Å². The number of carbonyl (C=O) groups excluding carboxylic acids is 1. The fraction of sp³-hybridized carbons (Fsp3) is 0.308. The number of amides is 1. The van der Waals surface area contributed by atoms with Crippen molar-refractivity contribution in [2.24, 2.45) is 0 Å². The summed E-state index contributed by atoms with van der Waals surface area (Å²) in [5.41, 5.74) is 0.0953.